The lowest BCUT2D eigenvalue weighted by Crippen LogP contribution is -2.23. The summed E-state index contributed by atoms with van der Waals surface area (Å²) in [5.41, 5.74) is 1.29. The van der Waals surface area contributed by atoms with Crippen LogP contribution >= 0.6 is 0 Å². The number of halogens is 1. The molecule has 1 aliphatic rings. The summed E-state index contributed by atoms with van der Waals surface area (Å²) in [5.74, 6) is 0.210. The van der Waals surface area contributed by atoms with Crippen LogP contribution in [0.25, 0.3) is 0 Å². The van der Waals surface area contributed by atoms with E-state index in [-0.39, 0.29) is 11.9 Å². The molecule has 1 saturated carbocycles. The fourth-order valence-corrected chi connectivity index (χ4v) is 2.05. The highest BCUT2D eigenvalue weighted by molar-refractivity contribution is 5.26. The zero-order chi connectivity index (χ0) is 11.7. The molecule has 0 aliphatic heterocycles. The van der Waals surface area contributed by atoms with E-state index in [1.165, 1.54) is 6.07 Å². The molecule has 88 valence electrons. The summed E-state index contributed by atoms with van der Waals surface area (Å²) in [6, 6.07) is 4.71. The van der Waals surface area contributed by atoms with Crippen LogP contribution in [-0.4, -0.2) is 18.3 Å². The van der Waals surface area contributed by atoms with Crippen molar-refractivity contribution >= 4 is 0 Å². The minimum Gasteiger partial charge on any atom is -0.386 e. The van der Waals surface area contributed by atoms with Crippen LogP contribution in [0.3, 0.4) is 0 Å². The Hall–Kier alpha value is -0.930. The molecule has 16 heavy (non-hydrogen) atoms. The highest BCUT2D eigenvalue weighted by Crippen LogP contribution is 2.39. The van der Waals surface area contributed by atoms with Gasteiger partial charge in [0.15, 0.2) is 0 Å². The van der Waals surface area contributed by atoms with Crippen LogP contribution in [0, 0.1) is 18.7 Å². The Morgan fingerprint density at radius 3 is 2.62 bits per heavy atom. The molecule has 1 fully saturated rings. The van der Waals surface area contributed by atoms with E-state index in [4.69, 9.17) is 4.74 Å². The molecule has 0 spiro atoms. The molecule has 0 heterocycles. The molecule has 0 aromatic heterocycles. The second kappa shape index (κ2) is 4.52. The molecule has 1 N–H and O–H groups in total. The maximum atomic E-state index is 13.1. The van der Waals surface area contributed by atoms with Crippen LogP contribution in [0.2, 0.25) is 0 Å². The van der Waals surface area contributed by atoms with E-state index in [1.807, 2.05) is 0 Å². The van der Waals surface area contributed by atoms with Crippen LogP contribution in [-0.2, 0) is 4.74 Å². The van der Waals surface area contributed by atoms with E-state index in [1.54, 1.807) is 26.2 Å². The summed E-state index contributed by atoms with van der Waals surface area (Å²) in [4.78, 5) is 0. The summed E-state index contributed by atoms with van der Waals surface area (Å²) < 4.78 is 18.4. The van der Waals surface area contributed by atoms with Crippen molar-refractivity contribution in [2.24, 2.45) is 5.92 Å². The van der Waals surface area contributed by atoms with Crippen molar-refractivity contribution in [2.45, 2.75) is 32.0 Å². The number of hydrogen-bond acceptors (Lipinski definition) is 2. The van der Waals surface area contributed by atoms with Gasteiger partial charge in [-0.3, -0.25) is 0 Å². The summed E-state index contributed by atoms with van der Waals surface area (Å²) in [7, 11) is 1.61. The van der Waals surface area contributed by atoms with E-state index < -0.39 is 6.10 Å². The topological polar surface area (TPSA) is 29.5 Å². The van der Waals surface area contributed by atoms with Crippen LogP contribution in [0.5, 0.6) is 0 Å². The van der Waals surface area contributed by atoms with Gasteiger partial charge in [0.1, 0.15) is 11.9 Å². The predicted octanol–water partition coefficient (Wildman–Crippen LogP) is 2.59. The second-order valence-electron chi connectivity index (χ2n) is 4.49. The standard InChI is InChI=1S/C13H17FO2/c1-8-7-10(5-6-11(8)14)12(15)13(16-2)9-3-4-9/h5-7,9,12-13,15H,3-4H2,1-2H3. The Balaban J connectivity index is 2.18. The van der Waals surface area contributed by atoms with Crippen LogP contribution < -0.4 is 0 Å². The fraction of sp³-hybridized carbons (Fsp3) is 0.538. The average molecular weight is 224 g/mol. The molecule has 0 radical (unpaired) electrons. The molecule has 3 heteroatoms. The number of methoxy groups -OCH3 is 1. The van der Waals surface area contributed by atoms with Gasteiger partial charge in [-0.15, -0.1) is 0 Å². The lowest BCUT2D eigenvalue weighted by molar-refractivity contribution is -0.0259. The van der Waals surface area contributed by atoms with Gasteiger partial charge < -0.3 is 9.84 Å². The van der Waals surface area contributed by atoms with Crippen LogP contribution in [0.15, 0.2) is 18.2 Å². The third kappa shape index (κ3) is 2.25. The lowest BCUT2D eigenvalue weighted by atomic mass is 9.99. The van der Waals surface area contributed by atoms with Gasteiger partial charge in [0.2, 0.25) is 0 Å². The number of aryl methyl sites for hydroxylation is 1. The highest BCUT2D eigenvalue weighted by atomic mass is 19.1. The third-order valence-corrected chi connectivity index (χ3v) is 3.19. The van der Waals surface area contributed by atoms with Gasteiger partial charge >= 0.3 is 0 Å². The quantitative estimate of drug-likeness (QED) is 0.851. The number of benzene rings is 1. The second-order valence-corrected chi connectivity index (χ2v) is 4.49. The van der Waals surface area contributed by atoms with Crippen molar-refractivity contribution in [3.63, 3.8) is 0 Å². The molecule has 0 amide bonds. The van der Waals surface area contributed by atoms with E-state index in [0.717, 1.165) is 18.4 Å². The number of hydrogen-bond donors (Lipinski definition) is 1. The van der Waals surface area contributed by atoms with Gasteiger partial charge in [-0.25, -0.2) is 4.39 Å². The summed E-state index contributed by atoms with van der Waals surface area (Å²) in [6.07, 6.45) is 1.40. The molecule has 2 nitrogen and oxygen atoms in total. The van der Waals surface area contributed by atoms with Gasteiger partial charge in [-0.1, -0.05) is 12.1 Å². The molecular formula is C13H17FO2. The molecule has 1 aliphatic carbocycles. The van der Waals surface area contributed by atoms with Crippen molar-refractivity contribution < 1.29 is 14.2 Å². The van der Waals surface area contributed by atoms with E-state index in [0.29, 0.717) is 11.5 Å². The zero-order valence-electron chi connectivity index (χ0n) is 9.61. The smallest absolute Gasteiger partial charge is 0.126 e. The Bertz CT molecular complexity index is 374. The fourth-order valence-electron chi connectivity index (χ4n) is 2.05. The molecule has 2 unspecified atom stereocenters. The van der Waals surface area contributed by atoms with E-state index >= 15 is 0 Å². The van der Waals surface area contributed by atoms with Crippen molar-refractivity contribution in [1.82, 2.24) is 0 Å². The van der Waals surface area contributed by atoms with Gasteiger partial charge in [-0.2, -0.15) is 0 Å². The van der Waals surface area contributed by atoms with Gasteiger partial charge in [0.05, 0.1) is 6.10 Å². The Labute approximate surface area is 95.1 Å². The van der Waals surface area contributed by atoms with Crippen LogP contribution in [0.1, 0.15) is 30.1 Å². The summed E-state index contributed by atoms with van der Waals surface area (Å²) in [5, 5.41) is 10.2. The van der Waals surface area contributed by atoms with Crippen LogP contribution in [0.4, 0.5) is 4.39 Å². The first-order valence-corrected chi connectivity index (χ1v) is 5.60. The normalized spacial score (nSPS) is 19.5. The molecule has 2 rings (SSSR count). The number of ether oxygens (including phenoxy) is 1. The maximum absolute atomic E-state index is 13.1. The van der Waals surface area contributed by atoms with Crippen molar-refractivity contribution in [2.75, 3.05) is 7.11 Å². The van der Waals surface area contributed by atoms with Gasteiger partial charge in [0, 0.05) is 7.11 Å². The summed E-state index contributed by atoms with van der Waals surface area (Å²) >= 11 is 0. The first kappa shape index (κ1) is 11.6. The SMILES string of the molecule is COC(C1CC1)C(O)c1ccc(F)c(C)c1. The minimum absolute atomic E-state index is 0.162. The number of aliphatic hydroxyl groups excluding tert-OH is 1. The molecule has 1 aromatic carbocycles. The summed E-state index contributed by atoms with van der Waals surface area (Å²) in [6.45, 7) is 1.70. The number of aliphatic hydroxyl groups is 1. The van der Waals surface area contributed by atoms with Crippen molar-refractivity contribution in [3.8, 4) is 0 Å². The molecular weight excluding hydrogens is 207 g/mol. The Kier molecular flexibility index (Phi) is 3.26. The Morgan fingerprint density at radius 2 is 2.12 bits per heavy atom. The molecule has 0 bridgehead atoms. The van der Waals surface area contributed by atoms with Crippen molar-refractivity contribution in [3.05, 3.63) is 35.1 Å². The first-order valence-electron chi connectivity index (χ1n) is 5.60. The monoisotopic (exact) mass is 224 g/mol. The minimum atomic E-state index is -0.656. The third-order valence-electron chi connectivity index (χ3n) is 3.19. The van der Waals surface area contributed by atoms with E-state index in [2.05, 4.69) is 0 Å². The van der Waals surface area contributed by atoms with Crippen molar-refractivity contribution in [1.29, 1.82) is 0 Å². The molecule has 1 aromatic rings. The predicted molar refractivity (Wildman–Crippen MR) is 59.6 cm³/mol. The first-order chi connectivity index (χ1) is 7.63. The largest absolute Gasteiger partial charge is 0.386 e. The maximum Gasteiger partial charge on any atom is 0.126 e. The van der Waals surface area contributed by atoms with E-state index in [9.17, 15) is 9.50 Å². The zero-order valence-corrected chi connectivity index (χ0v) is 9.61. The highest BCUT2D eigenvalue weighted by Gasteiger charge is 2.36. The molecule has 2 atom stereocenters. The van der Waals surface area contributed by atoms with Gasteiger partial charge in [0.25, 0.3) is 0 Å². The Morgan fingerprint density at radius 1 is 1.44 bits per heavy atom. The van der Waals surface area contributed by atoms with Gasteiger partial charge in [-0.05, 0) is 42.9 Å². The lowest BCUT2D eigenvalue weighted by Gasteiger charge is -2.22. The average Bonchev–Trinajstić information content (AvgIpc) is 3.07. The number of rotatable bonds is 4. The molecule has 0 saturated heterocycles.